The molecular formula is C18H27N3O2. The lowest BCUT2D eigenvalue weighted by Gasteiger charge is -2.34. The summed E-state index contributed by atoms with van der Waals surface area (Å²) < 4.78 is 5.70. The molecule has 1 aromatic rings. The van der Waals surface area contributed by atoms with E-state index in [9.17, 15) is 4.79 Å². The third-order valence-corrected chi connectivity index (χ3v) is 4.48. The van der Waals surface area contributed by atoms with E-state index < -0.39 is 0 Å². The number of hydrogen-bond donors (Lipinski definition) is 1. The van der Waals surface area contributed by atoms with Gasteiger partial charge in [-0.25, -0.2) is 0 Å². The van der Waals surface area contributed by atoms with Gasteiger partial charge >= 0.3 is 0 Å². The number of anilines is 2. The van der Waals surface area contributed by atoms with E-state index in [0.29, 0.717) is 6.54 Å². The molecule has 23 heavy (non-hydrogen) atoms. The molecule has 2 atom stereocenters. The molecule has 2 aliphatic heterocycles. The Bertz CT molecular complexity index is 516. The quantitative estimate of drug-likeness (QED) is 0.926. The Morgan fingerprint density at radius 2 is 1.74 bits per heavy atom. The molecule has 0 unspecified atom stereocenters. The smallest absolute Gasteiger partial charge is 0.238 e. The highest BCUT2D eigenvalue weighted by Crippen LogP contribution is 2.22. The number of amides is 1. The molecule has 0 spiro atoms. The van der Waals surface area contributed by atoms with Crippen LogP contribution in [-0.2, 0) is 9.53 Å². The van der Waals surface area contributed by atoms with E-state index in [4.69, 9.17) is 4.74 Å². The van der Waals surface area contributed by atoms with Gasteiger partial charge in [0.1, 0.15) is 0 Å². The first-order valence-electron chi connectivity index (χ1n) is 8.63. The van der Waals surface area contributed by atoms with Crippen molar-refractivity contribution in [1.29, 1.82) is 0 Å². The van der Waals surface area contributed by atoms with Crippen molar-refractivity contribution >= 4 is 17.3 Å². The Labute approximate surface area is 138 Å². The summed E-state index contributed by atoms with van der Waals surface area (Å²) >= 11 is 0. The zero-order valence-electron chi connectivity index (χ0n) is 14.1. The number of benzene rings is 1. The summed E-state index contributed by atoms with van der Waals surface area (Å²) in [6.45, 7) is 8.43. The summed E-state index contributed by atoms with van der Waals surface area (Å²) in [4.78, 5) is 16.8. The van der Waals surface area contributed by atoms with Crippen LogP contribution in [-0.4, -0.2) is 55.7 Å². The molecule has 5 nitrogen and oxygen atoms in total. The minimum Gasteiger partial charge on any atom is -0.373 e. The number of carbonyl (C=O) groups excluding carboxylic acids is 1. The highest BCUT2D eigenvalue weighted by molar-refractivity contribution is 5.92. The molecule has 126 valence electrons. The fourth-order valence-corrected chi connectivity index (χ4v) is 3.55. The van der Waals surface area contributed by atoms with Crippen molar-refractivity contribution in [3.63, 3.8) is 0 Å². The number of nitrogens with one attached hydrogen (secondary N) is 1. The second-order valence-corrected chi connectivity index (χ2v) is 6.74. The first kappa shape index (κ1) is 16.3. The summed E-state index contributed by atoms with van der Waals surface area (Å²) in [6, 6.07) is 8.19. The molecule has 3 rings (SSSR count). The summed E-state index contributed by atoms with van der Waals surface area (Å²) in [5, 5.41) is 3.00. The van der Waals surface area contributed by atoms with Gasteiger partial charge in [-0.2, -0.15) is 0 Å². The number of carbonyl (C=O) groups is 1. The van der Waals surface area contributed by atoms with E-state index in [1.165, 1.54) is 18.5 Å². The molecule has 2 aliphatic rings. The van der Waals surface area contributed by atoms with Crippen LogP contribution < -0.4 is 10.2 Å². The molecular weight excluding hydrogens is 290 g/mol. The predicted molar refractivity (Wildman–Crippen MR) is 93.0 cm³/mol. The first-order chi connectivity index (χ1) is 11.1. The van der Waals surface area contributed by atoms with E-state index in [2.05, 4.69) is 41.1 Å². The Hall–Kier alpha value is -1.59. The van der Waals surface area contributed by atoms with Crippen LogP contribution in [0, 0.1) is 0 Å². The zero-order chi connectivity index (χ0) is 16.2. The maximum Gasteiger partial charge on any atom is 0.238 e. The summed E-state index contributed by atoms with van der Waals surface area (Å²) in [6.07, 6.45) is 2.92. The second kappa shape index (κ2) is 7.32. The monoisotopic (exact) mass is 317 g/mol. The maximum absolute atomic E-state index is 12.2. The van der Waals surface area contributed by atoms with Crippen molar-refractivity contribution in [2.24, 2.45) is 0 Å². The fraction of sp³-hybridized carbons (Fsp3) is 0.611. The summed E-state index contributed by atoms with van der Waals surface area (Å²) in [5.41, 5.74) is 2.11. The number of nitrogens with zero attached hydrogens (tertiary/aromatic N) is 2. The normalized spacial score (nSPS) is 25.6. The van der Waals surface area contributed by atoms with Gasteiger partial charge in [-0.3, -0.25) is 9.69 Å². The van der Waals surface area contributed by atoms with E-state index in [1.807, 2.05) is 12.1 Å². The number of hydrogen-bond acceptors (Lipinski definition) is 4. The topological polar surface area (TPSA) is 44.8 Å². The van der Waals surface area contributed by atoms with Crippen molar-refractivity contribution in [1.82, 2.24) is 4.90 Å². The van der Waals surface area contributed by atoms with Crippen LogP contribution in [0.15, 0.2) is 24.3 Å². The minimum atomic E-state index is 0.0419. The molecule has 5 heteroatoms. The number of morpholine rings is 1. The number of ether oxygens (including phenoxy) is 1. The van der Waals surface area contributed by atoms with Crippen molar-refractivity contribution in [2.45, 2.75) is 38.9 Å². The van der Waals surface area contributed by atoms with Crippen molar-refractivity contribution < 1.29 is 9.53 Å². The SMILES string of the molecule is C[C@@H]1CN(CC(=O)Nc2ccc(N3CCCC3)cc2)C[C@H](C)O1. The van der Waals surface area contributed by atoms with Crippen LogP contribution in [0.5, 0.6) is 0 Å². The van der Waals surface area contributed by atoms with E-state index in [1.54, 1.807) is 0 Å². The van der Waals surface area contributed by atoms with Gasteiger partial charge < -0.3 is 15.0 Å². The lowest BCUT2D eigenvalue weighted by Crippen LogP contribution is -2.48. The molecule has 0 aromatic heterocycles. The molecule has 1 amide bonds. The van der Waals surface area contributed by atoms with Gasteiger partial charge in [0.2, 0.25) is 5.91 Å². The summed E-state index contributed by atoms with van der Waals surface area (Å²) in [7, 11) is 0. The fourth-order valence-electron chi connectivity index (χ4n) is 3.55. The van der Waals surface area contributed by atoms with E-state index >= 15 is 0 Å². The van der Waals surface area contributed by atoms with Crippen molar-refractivity contribution in [3.05, 3.63) is 24.3 Å². The third-order valence-electron chi connectivity index (χ3n) is 4.48. The third kappa shape index (κ3) is 4.45. The second-order valence-electron chi connectivity index (χ2n) is 6.74. The van der Waals surface area contributed by atoms with Crippen LogP contribution in [0.2, 0.25) is 0 Å². The first-order valence-corrected chi connectivity index (χ1v) is 8.63. The molecule has 0 aliphatic carbocycles. The highest BCUT2D eigenvalue weighted by atomic mass is 16.5. The number of rotatable bonds is 4. The average molecular weight is 317 g/mol. The van der Waals surface area contributed by atoms with Crippen LogP contribution in [0.3, 0.4) is 0 Å². The molecule has 2 fully saturated rings. The van der Waals surface area contributed by atoms with Crippen LogP contribution >= 0.6 is 0 Å². The maximum atomic E-state index is 12.2. The standard InChI is InChI=1S/C18H27N3O2/c1-14-11-20(12-15(2)23-14)13-18(22)19-16-5-7-17(8-6-16)21-9-3-4-10-21/h5-8,14-15H,3-4,9-13H2,1-2H3,(H,19,22)/t14-,15+. The molecule has 2 heterocycles. The highest BCUT2D eigenvalue weighted by Gasteiger charge is 2.23. The van der Waals surface area contributed by atoms with E-state index in [-0.39, 0.29) is 18.1 Å². The molecule has 0 bridgehead atoms. The van der Waals surface area contributed by atoms with Gasteiger partial charge in [0.05, 0.1) is 18.8 Å². The molecule has 1 N–H and O–H groups in total. The lowest BCUT2D eigenvalue weighted by atomic mass is 10.2. The van der Waals surface area contributed by atoms with Crippen molar-refractivity contribution in [3.8, 4) is 0 Å². The van der Waals surface area contributed by atoms with Crippen LogP contribution in [0.1, 0.15) is 26.7 Å². The molecule has 0 saturated carbocycles. The van der Waals surface area contributed by atoms with Gasteiger partial charge in [0, 0.05) is 37.6 Å². The van der Waals surface area contributed by atoms with Crippen molar-refractivity contribution in [2.75, 3.05) is 42.9 Å². The van der Waals surface area contributed by atoms with Gasteiger partial charge in [-0.15, -0.1) is 0 Å². The molecule has 0 radical (unpaired) electrons. The molecule has 2 saturated heterocycles. The van der Waals surface area contributed by atoms with E-state index in [0.717, 1.165) is 31.9 Å². The Balaban J connectivity index is 1.51. The minimum absolute atomic E-state index is 0.0419. The van der Waals surface area contributed by atoms with Gasteiger partial charge in [-0.05, 0) is 51.0 Å². The van der Waals surface area contributed by atoms with Crippen LogP contribution in [0.25, 0.3) is 0 Å². The van der Waals surface area contributed by atoms with Crippen LogP contribution in [0.4, 0.5) is 11.4 Å². The van der Waals surface area contributed by atoms with Gasteiger partial charge in [0.15, 0.2) is 0 Å². The Morgan fingerprint density at radius 1 is 1.13 bits per heavy atom. The Morgan fingerprint density at radius 3 is 2.35 bits per heavy atom. The Kier molecular flexibility index (Phi) is 5.18. The average Bonchev–Trinajstić information content (AvgIpc) is 3.01. The largest absolute Gasteiger partial charge is 0.373 e. The summed E-state index contributed by atoms with van der Waals surface area (Å²) in [5.74, 6) is 0.0419. The zero-order valence-corrected chi connectivity index (χ0v) is 14.1. The predicted octanol–water partition coefficient (Wildman–Crippen LogP) is 2.33. The van der Waals surface area contributed by atoms with Gasteiger partial charge in [0.25, 0.3) is 0 Å². The lowest BCUT2D eigenvalue weighted by molar-refractivity contribution is -0.121. The molecule has 1 aromatic carbocycles. The van der Waals surface area contributed by atoms with Gasteiger partial charge in [-0.1, -0.05) is 0 Å².